The first kappa shape index (κ1) is 20.6. The molecule has 0 amide bonds. The number of carboxylic acids is 1. The lowest BCUT2D eigenvalue weighted by atomic mass is 10.0. The van der Waals surface area contributed by atoms with E-state index in [1.807, 2.05) is 18.7 Å². The number of nitrogens with zero attached hydrogens (tertiary/aromatic N) is 3. The lowest BCUT2D eigenvalue weighted by Crippen LogP contribution is -2.24. The molecule has 1 aromatic heterocycles. The van der Waals surface area contributed by atoms with Gasteiger partial charge in [-0.1, -0.05) is 0 Å². The van der Waals surface area contributed by atoms with E-state index >= 15 is 4.39 Å². The van der Waals surface area contributed by atoms with Gasteiger partial charge in [-0.05, 0) is 38.7 Å². The monoisotopic (exact) mass is 401 g/mol. The lowest BCUT2D eigenvalue weighted by molar-refractivity contribution is 0.0694. The SMILES string of the molecule is COc1c(N2CCC(CCC#N)C2)c(F)cc2c(=O)c(C(=O)O)cn(C(C)C)c12. The van der Waals surface area contributed by atoms with Gasteiger partial charge >= 0.3 is 5.97 Å². The number of ether oxygens (including phenoxy) is 1. The third kappa shape index (κ3) is 3.65. The number of rotatable bonds is 6. The Bertz CT molecular complexity index is 1050. The molecule has 0 aliphatic carbocycles. The Morgan fingerprint density at radius 2 is 2.21 bits per heavy atom. The molecule has 154 valence electrons. The number of aromatic carboxylic acids is 1. The Balaban J connectivity index is 2.24. The molecule has 0 spiro atoms. The van der Waals surface area contributed by atoms with Crippen molar-refractivity contribution in [3.05, 3.63) is 33.9 Å². The summed E-state index contributed by atoms with van der Waals surface area (Å²) in [7, 11) is 1.42. The molecular weight excluding hydrogens is 377 g/mol. The van der Waals surface area contributed by atoms with E-state index in [9.17, 15) is 14.7 Å². The van der Waals surface area contributed by atoms with Crippen LogP contribution in [0, 0.1) is 23.1 Å². The quantitative estimate of drug-likeness (QED) is 0.795. The fourth-order valence-electron chi connectivity index (χ4n) is 4.03. The van der Waals surface area contributed by atoms with Gasteiger partial charge in [0.15, 0.2) is 11.6 Å². The summed E-state index contributed by atoms with van der Waals surface area (Å²) in [6.45, 7) is 4.92. The number of fused-ring (bicyclic) bond motifs is 1. The van der Waals surface area contributed by atoms with Crippen LogP contribution in [0.15, 0.2) is 17.1 Å². The number of anilines is 1. The van der Waals surface area contributed by atoms with Gasteiger partial charge in [0.25, 0.3) is 0 Å². The molecule has 1 fully saturated rings. The van der Waals surface area contributed by atoms with Crippen molar-refractivity contribution in [1.82, 2.24) is 4.57 Å². The lowest BCUT2D eigenvalue weighted by Gasteiger charge is -2.25. The van der Waals surface area contributed by atoms with Gasteiger partial charge in [0.1, 0.15) is 11.3 Å². The summed E-state index contributed by atoms with van der Waals surface area (Å²) in [6.07, 6.45) is 3.35. The van der Waals surface area contributed by atoms with E-state index < -0.39 is 22.8 Å². The Morgan fingerprint density at radius 3 is 2.79 bits per heavy atom. The van der Waals surface area contributed by atoms with Crippen LogP contribution in [0.2, 0.25) is 0 Å². The molecular formula is C21H24FN3O4. The standard InChI is InChI=1S/C21H24FN3O4/c1-12(2)25-11-15(21(27)28)19(26)14-9-16(22)18(20(29-3)17(14)25)24-8-6-13(10-24)5-4-7-23/h9,11-13H,4-6,8,10H2,1-3H3,(H,27,28). The molecule has 2 aromatic rings. The number of carboxylic acid groups (broad SMARTS) is 1. The molecule has 1 aromatic carbocycles. The van der Waals surface area contributed by atoms with E-state index in [2.05, 4.69) is 6.07 Å². The average molecular weight is 401 g/mol. The molecule has 1 saturated heterocycles. The maximum absolute atomic E-state index is 15.2. The number of carbonyl (C=O) groups is 1. The van der Waals surface area contributed by atoms with Crippen LogP contribution in [0.4, 0.5) is 10.1 Å². The Labute approximate surface area is 167 Å². The van der Waals surface area contributed by atoms with Gasteiger partial charge in [0, 0.05) is 31.7 Å². The summed E-state index contributed by atoms with van der Waals surface area (Å²) >= 11 is 0. The zero-order valence-electron chi connectivity index (χ0n) is 16.7. The first-order chi connectivity index (χ1) is 13.8. The van der Waals surface area contributed by atoms with Crippen molar-refractivity contribution in [3.63, 3.8) is 0 Å². The summed E-state index contributed by atoms with van der Waals surface area (Å²) < 4.78 is 22.4. The zero-order chi connectivity index (χ0) is 21.3. The van der Waals surface area contributed by atoms with Crippen LogP contribution in [0.1, 0.15) is 49.5 Å². The van der Waals surface area contributed by atoms with Gasteiger partial charge in [-0.25, -0.2) is 9.18 Å². The smallest absolute Gasteiger partial charge is 0.341 e. The summed E-state index contributed by atoms with van der Waals surface area (Å²) in [5.41, 5.74) is -0.481. The number of hydrogen-bond acceptors (Lipinski definition) is 5. The van der Waals surface area contributed by atoms with Crippen molar-refractivity contribution in [1.29, 1.82) is 5.26 Å². The zero-order valence-corrected chi connectivity index (χ0v) is 16.7. The van der Waals surface area contributed by atoms with Crippen molar-refractivity contribution in [2.75, 3.05) is 25.1 Å². The molecule has 3 rings (SSSR count). The predicted octanol–water partition coefficient (Wildman–Crippen LogP) is 3.56. The largest absolute Gasteiger partial charge is 0.492 e. The number of nitriles is 1. The van der Waals surface area contributed by atoms with Crippen LogP contribution in [-0.4, -0.2) is 35.8 Å². The topological polar surface area (TPSA) is 95.6 Å². The summed E-state index contributed by atoms with van der Waals surface area (Å²) in [5, 5.41) is 18.2. The van der Waals surface area contributed by atoms with Crippen molar-refractivity contribution in [2.45, 2.75) is 39.2 Å². The Kier molecular flexibility index (Phi) is 5.78. The third-order valence-corrected chi connectivity index (χ3v) is 5.46. The van der Waals surface area contributed by atoms with Crippen molar-refractivity contribution >= 4 is 22.6 Å². The number of pyridine rings is 1. The molecule has 29 heavy (non-hydrogen) atoms. The molecule has 2 heterocycles. The number of aromatic nitrogens is 1. The van der Waals surface area contributed by atoms with Gasteiger partial charge < -0.3 is 19.3 Å². The van der Waals surface area contributed by atoms with Gasteiger partial charge in [-0.3, -0.25) is 4.79 Å². The summed E-state index contributed by atoms with van der Waals surface area (Å²) in [6, 6.07) is 3.08. The van der Waals surface area contributed by atoms with Gasteiger partial charge in [-0.2, -0.15) is 5.26 Å². The van der Waals surface area contributed by atoms with E-state index in [1.165, 1.54) is 13.3 Å². The second kappa shape index (κ2) is 8.11. The summed E-state index contributed by atoms with van der Waals surface area (Å²) in [4.78, 5) is 26.1. The van der Waals surface area contributed by atoms with Gasteiger partial charge in [0.05, 0.1) is 24.1 Å². The van der Waals surface area contributed by atoms with E-state index in [-0.39, 0.29) is 28.8 Å². The van der Waals surface area contributed by atoms with E-state index in [0.717, 1.165) is 18.9 Å². The Hall–Kier alpha value is -3.08. The number of methoxy groups -OCH3 is 1. The summed E-state index contributed by atoms with van der Waals surface area (Å²) in [5.74, 6) is -1.46. The highest BCUT2D eigenvalue weighted by atomic mass is 19.1. The van der Waals surface area contributed by atoms with Crippen molar-refractivity contribution in [3.8, 4) is 11.8 Å². The normalized spacial score (nSPS) is 16.4. The minimum Gasteiger partial charge on any atom is -0.492 e. The third-order valence-electron chi connectivity index (χ3n) is 5.46. The minimum absolute atomic E-state index is 0.0167. The maximum atomic E-state index is 15.2. The van der Waals surface area contributed by atoms with E-state index in [0.29, 0.717) is 25.0 Å². The highest BCUT2D eigenvalue weighted by Crippen LogP contribution is 2.41. The minimum atomic E-state index is -1.35. The van der Waals surface area contributed by atoms with Crippen LogP contribution >= 0.6 is 0 Å². The molecule has 7 nitrogen and oxygen atoms in total. The van der Waals surface area contributed by atoms with Crippen LogP contribution in [-0.2, 0) is 0 Å². The number of hydrogen-bond donors (Lipinski definition) is 1. The van der Waals surface area contributed by atoms with Crippen LogP contribution in [0.3, 0.4) is 0 Å². The second-order valence-corrected chi connectivity index (χ2v) is 7.61. The molecule has 0 saturated carbocycles. The molecule has 0 bridgehead atoms. The van der Waals surface area contributed by atoms with Gasteiger partial charge in [0.2, 0.25) is 5.43 Å². The van der Waals surface area contributed by atoms with Crippen LogP contribution in [0.5, 0.6) is 5.75 Å². The fraction of sp³-hybridized carbons (Fsp3) is 0.476. The molecule has 1 atom stereocenters. The molecule has 1 aliphatic heterocycles. The van der Waals surface area contributed by atoms with Crippen molar-refractivity contribution < 1.29 is 19.0 Å². The maximum Gasteiger partial charge on any atom is 0.341 e. The van der Waals surface area contributed by atoms with Gasteiger partial charge in [-0.15, -0.1) is 0 Å². The number of halogens is 1. The van der Waals surface area contributed by atoms with Crippen molar-refractivity contribution in [2.24, 2.45) is 5.92 Å². The highest BCUT2D eigenvalue weighted by molar-refractivity contribution is 5.97. The second-order valence-electron chi connectivity index (χ2n) is 7.61. The average Bonchev–Trinajstić information content (AvgIpc) is 3.13. The molecule has 1 unspecified atom stereocenters. The van der Waals surface area contributed by atoms with Crippen LogP contribution < -0.4 is 15.1 Å². The van der Waals surface area contributed by atoms with E-state index in [4.69, 9.17) is 10.00 Å². The molecule has 1 N–H and O–H groups in total. The first-order valence-corrected chi connectivity index (χ1v) is 9.60. The highest BCUT2D eigenvalue weighted by Gasteiger charge is 2.30. The molecule has 1 aliphatic rings. The molecule has 0 radical (unpaired) electrons. The van der Waals surface area contributed by atoms with Crippen LogP contribution in [0.25, 0.3) is 10.9 Å². The number of benzene rings is 1. The molecule has 8 heteroatoms. The fourth-order valence-corrected chi connectivity index (χ4v) is 4.03. The first-order valence-electron chi connectivity index (χ1n) is 9.60. The van der Waals surface area contributed by atoms with E-state index in [1.54, 1.807) is 4.57 Å². The predicted molar refractivity (Wildman–Crippen MR) is 107 cm³/mol. The Morgan fingerprint density at radius 1 is 1.48 bits per heavy atom.